The van der Waals surface area contributed by atoms with E-state index >= 15 is 0 Å². The second-order valence-electron chi connectivity index (χ2n) is 5.03. The van der Waals surface area contributed by atoms with Gasteiger partial charge in [-0.15, -0.1) is 0 Å². The first kappa shape index (κ1) is 14.0. The van der Waals surface area contributed by atoms with Gasteiger partial charge in [-0.25, -0.2) is 0 Å². The Balaban J connectivity index is 1.78. The van der Waals surface area contributed by atoms with Crippen LogP contribution in [0.2, 0.25) is 0 Å². The number of aryl methyl sites for hydroxylation is 1. The average Bonchev–Trinajstić information content (AvgIpc) is 2.86. The number of rotatable bonds is 5. The van der Waals surface area contributed by atoms with Crippen LogP contribution in [-0.2, 0) is 7.05 Å². The molecule has 1 aliphatic heterocycles. The van der Waals surface area contributed by atoms with Crippen LogP contribution in [0.15, 0.2) is 12.4 Å². The molecule has 0 unspecified atom stereocenters. The maximum absolute atomic E-state index is 12.2. The normalized spacial score (nSPS) is 16.8. The molecule has 1 fully saturated rings. The van der Waals surface area contributed by atoms with Crippen LogP contribution in [0.1, 0.15) is 23.2 Å². The second-order valence-corrected chi connectivity index (χ2v) is 5.03. The third-order valence-electron chi connectivity index (χ3n) is 3.54. The second kappa shape index (κ2) is 6.68. The molecule has 0 saturated carbocycles. The Labute approximate surface area is 114 Å². The molecule has 1 aromatic heterocycles. The molecule has 0 bridgehead atoms. The molecule has 106 valence electrons. The predicted molar refractivity (Wildman–Crippen MR) is 73.8 cm³/mol. The molecule has 2 heterocycles. The van der Waals surface area contributed by atoms with Gasteiger partial charge in [0, 0.05) is 39.4 Å². The van der Waals surface area contributed by atoms with Gasteiger partial charge in [-0.3, -0.25) is 14.4 Å². The molecular weight excluding hydrogens is 242 g/mol. The molecule has 0 spiro atoms. The zero-order valence-corrected chi connectivity index (χ0v) is 11.6. The van der Waals surface area contributed by atoms with Gasteiger partial charge in [0.05, 0.1) is 11.8 Å². The molecular formula is C13H23N5O. The first-order valence-electron chi connectivity index (χ1n) is 6.91. The Bertz CT molecular complexity index is 409. The third kappa shape index (κ3) is 3.78. The summed E-state index contributed by atoms with van der Waals surface area (Å²) in [7, 11) is 1.83. The van der Waals surface area contributed by atoms with E-state index in [1.54, 1.807) is 17.1 Å². The molecule has 0 aliphatic carbocycles. The lowest BCUT2D eigenvalue weighted by molar-refractivity contribution is 0.0635. The van der Waals surface area contributed by atoms with Crippen LogP contribution in [0, 0.1) is 0 Å². The Morgan fingerprint density at radius 3 is 2.63 bits per heavy atom. The molecule has 6 heteroatoms. The monoisotopic (exact) mass is 265 g/mol. The van der Waals surface area contributed by atoms with E-state index in [-0.39, 0.29) is 5.91 Å². The number of nitrogens with zero attached hydrogens (tertiary/aromatic N) is 4. The number of unbranched alkanes of at least 4 members (excludes halogenated alkanes) is 1. The van der Waals surface area contributed by atoms with Crippen molar-refractivity contribution in [3.63, 3.8) is 0 Å². The topological polar surface area (TPSA) is 67.4 Å². The van der Waals surface area contributed by atoms with Crippen molar-refractivity contribution in [1.82, 2.24) is 19.6 Å². The van der Waals surface area contributed by atoms with Crippen molar-refractivity contribution < 1.29 is 4.79 Å². The van der Waals surface area contributed by atoms with Crippen molar-refractivity contribution >= 4 is 5.91 Å². The standard InChI is InChI=1S/C13H23N5O/c1-16-11-12(10-15-16)13(19)18-8-6-17(7-9-18)5-3-2-4-14/h10-11H,2-9,14H2,1H3. The van der Waals surface area contributed by atoms with E-state index in [2.05, 4.69) is 10.00 Å². The van der Waals surface area contributed by atoms with Gasteiger partial charge >= 0.3 is 0 Å². The molecule has 2 rings (SSSR count). The molecule has 1 aliphatic rings. The van der Waals surface area contributed by atoms with Crippen molar-refractivity contribution in [3.8, 4) is 0 Å². The number of nitrogens with two attached hydrogens (primary N) is 1. The summed E-state index contributed by atoms with van der Waals surface area (Å²) in [4.78, 5) is 16.5. The summed E-state index contributed by atoms with van der Waals surface area (Å²) >= 11 is 0. The number of carbonyl (C=O) groups excluding carboxylic acids is 1. The smallest absolute Gasteiger partial charge is 0.257 e. The highest BCUT2D eigenvalue weighted by molar-refractivity contribution is 5.93. The molecule has 0 radical (unpaired) electrons. The van der Waals surface area contributed by atoms with Gasteiger partial charge in [0.1, 0.15) is 0 Å². The van der Waals surface area contributed by atoms with Crippen molar-refractivity contribution in [2.75, 3.05) is 39.3 Å². The highest BCUT2D eigenvalue weighted by atomic mass is 16.2. The average molecular weight is 265 g/mol. The third-order valence-corrected chi connectivity index (χ3v) is 3.54. The fraction of sp³-hybridized carbons (Fsp3) is 0.692. The van der Waals surface area contributed by atoms with Gasteiger partial charge in [0.2, 0.25) is 0 Å². The molecule has 1 aromatic rings. The summed E-state index contributed by atoms with van der Waals surface area (Å²) in [6.45, 7) is 5.37. The van der Waals surface area contributed by atoms with Crippen LogP contribution < -0.4 is 5.73 Å². The van der Waals surface area contributed by atoms with Crippen LogP contribution in [0.3, 0.4) is 0 Å². The molecule has 6 nitrogen and oxygen atoms in total. The Morgan fingerprint density at radius 2 is 2.05 bits per heavy atom. The van der Waals surface area contributed by atoms with Gasteiger partial charge in [0.25, 0.3) is 5.91 Å². The van der Waals surface area contributed by atoms with Gasteiger partial charge in [-0.1, -0.05) is 0 Å². The Morgan fingerprint density at radius 1 is 1.32 bits per heavy atom. The number of carbonyl (C=O) groups is 1. The highest BCUT2D eigenvalue weighted by Gasteiger charge is 2.22. The largest absolute Gasteiger partial charge is 0.336 e. The number of piperazine rings is 1. The zero-order chi connectivity index (χ0) is 13.7. The van der Waals surface area contributed by atoms with E-state index in [9.17, 15) is 4.79 Å². The van der Waals surface area contributed by atoms with Crippen molar-refractivity contribution in [2.45, 2.75) is 12.8 Å². The summed E-state index contributed by atoms with van der Waals surface area (Å²) < 4.78 is 1.66. The fourth-order valence-corrected chi connectivity index (χ4v) is 2.37. The van der Waals surface area contributed by atoms with Gasteiger partial charge in [0.15, 0.2) is 0 Å². The van der Waals surface area contributed by atoms with Crippen molar-refractivity contribution in [3.05, 3.63) is 18.0 Å². The summed E-state index contributed by atoms with van der Waals surface area (Å²) in [5.41, 5.74) is 6.17. The first-order chi connectivity index (χ1) is 9.20. The van der Waals surface area contributed by atoms with Gasteiger partial charge < -0.3 is 10.6 Å². The lowest BCUT2D eigenvalue weighted by Crippen LogP contribution is -2.48. The predicted octanol–water partition coefficient (Wildman–Crippen LogP) is -0.0832. The summed E-state index contributed by atoms with van der Waals surface area (Å²) in [6.07, 6.45) is 5.63. The van der Waals surface area contributed by atoms with Crippen LogP contribution in [0.5, 0.6) is 0 Å². The molecule has 1 amide bonds. The van der Waals surface area contributed by atoms with Crippen LogP contribution in [-0.4, -0.2) is 64.8 Å². The highest BCUT2D eigenvalue weighted by Crippen LogP contribution is 2.08. The molecule has 0 atom stereocenters. The summed E-state index contributed by atoms with van der Waals surface area (Å²) in [5, 5.41) is 4.04. The molecule has 19 heavy (non-hydrogen) atoms. The molecule has 2 N–H and O–H groups in total. The van der Waals surface area contributed by atoms with E-state index in [1.807, 2.05) is 11.9 Å². The quantitative estimate of drug-likeness (QED) is 0.756. The Hall–Kier alpha value is -1.40. The van der Waals surface area contributed by atoms with E-state index in [1.165, 1.54) is 0 Å². The fourth-order valence-electron chi connectivity index (χ4n) is 2.37. The van der Waals surface area contributed by atoms with Crippen molar-refractivity contribution in [2.24, 2.45) is 12.8 Å². The molecule has 0 aromatic carbocycles. The van der Waals surface area contributed by atoms with E-state index in [0.29, 0.717) is 5.56 Å². The van der Waals surface area contributed by atoms with E-state index in [0.717, 1.165) is 52.1 Å². The van der Waals surface area contributed by atoms with E-state index in [4.69, 9.17) is 5.73 Å². The van der Waals surface area contributed by atoms with E-state index < -0.39 is 0 Å². The summed E-state index contributed by atoms with van der Waals surface area (Å²) in [5.74, 6) is 0.0923. The number of hydrogen-bond acceptors (Lipinski definition) is 4. The van der Waals surface area contributed by atoms with Gasteiger partial charge in [-0.05, 0) is 25.9 Å². The van der Waals surface area contributed by atoms with Crippen LogP contribution >= 0.6 is 0 Å². The maximum atomic E-state index is 12.2. The van der Waals surface area contributed by atoms with Crippen LogP contribution in [0.25, 0.3) is 0 Å². The molecule has 1 saturated heterocycles. The van der Waals surface area contributed by atoms with Crippen molar-refractivity contribution in [1.29, 1.82) is 0 Å². The minimum atomic E-state index is 0.0923. The maximum Gasteiger partial charge on any atom is 0.257 e. The Kier molecular flexibility index (Phi) is 4.93. The zero-order valence-electron chi connectivity index (χ0n) is 11.6. The number of hydrogen-bond donors (Lipinski definition) is 1. The lowest BCUT2D eigenvalue weighted by Gasteiger charge is -2.34. The SMILES string of the molecule is Cn1cc(C(=O)N2CCN(CCCCN)CC2)cn1. The number of aromatic nitrogens is 2. The minimum Gasteiger partial charge on any atom is -0.336 e. The lowest BCUT2D eigenvalue weighted by atomic mass is 10.2. The van der Waals surface area contributed by atoms with Crippen LogP contribution in [0.4, 0.5) is 0 Å². The first-order valence-corrected chi connectivity index (χ1v) is 6.91. The minimum absolute atomic E-state index is 0.0923. The number of amides is 1. The summed E-state index contributed by atoms with van der Waals surface area (Å²) in [6, 6.07) is 0. The van der Waals surface area contributed by atoms with Gasteiger partial charge in [-0.2, -0.15) is 5.10 Å².